The lowest BCUT2D eigenvalue weighted by molar-refractivity contribution is 0.0684. The minimum Gasteiger partial charge on any atom is -0.477 e. The van der Waals surface area contributed by atoms with Gasteiger partial charge in [0.1, 0.15) is 5.69 Å². The lowest BCUT2D eigenvalue weighted by Gasteiger charge is -2.11. The number of hydrogen-bond donors (Lipinski definition) is 2. The Morgan fingerprint density at radius 3 is 2.48 bits per heavy atom. The van der Waals surface area contributed by atoms with E-state index in [0.29, 0.717) is 23.8 Å². The molecule has 0 unspecified atom stereocenters. The molecule has 0 aliphatic rings. The van der Waals surface area contributed by atoms with Crippen molar-refractivity contribution >= 4 is 28.5 Å². The van der Waals surface area contributed by atoms with Crippen molar-refractivity contribution in [1.82, 2.24) is 9.88 Å². The van der Waals surface area contributed by atoms with Crippen molar-refractivity contribution in [2.75, 3.05) is 0 Å². The molecule has 1 aromatic heterocycles. The maximum absolute atomic E-state index is 12.0. The first-order valence-corrected chi connectivity index (χ1v) is 8.66. The number of nitrogens with one attached hydrogen (secondary N) is 1. The highest BCUT2D eigenvalue weighted by atomic mass is 35.5. The lowest BCUT2D eigenvalue weighted by Crippen LogP contribution is -2.23. The molecule has 0 fully saturated rings. The fourth-order valence-electron chi connectivity index (χ4n) is 3.04. The summed E-state index contributed by atoms with van der Waals surface area (Å²) in [5.74, 6) is -0.911. The average Bonchev–Trinajstić information content (AvgIpc) is 2.89. The second-order valence-electron chi connectivity index (χ2n) is 6.40. The summed E-state index contributed by atoms with van der Waals surface area (Å²) < 4.78 is 1.87. The smallest absolute Gasteiger partial charge is 0.352 e. The van der Waals surface area contributed by atoms with Crippen molar-refractivity contribution in [3.05, 3.63) is 70.4 Å². The molecule has 0 radical (unpaired) electrons. The highest BCUT2D eigenvalue weighted by Gasteiger charge is 2.22. The Bertz CT molecular complexity index is 898. The number of halogens is 1. The number of hydrogen-bond acceptors (Lipinski definition) is 2. The normalized spacial score (nSPS) is 11.4. The van der Waals surface area contributed by atoms with Gasteiger partial charge in [-0.05, 0) is 23.8 Å². The molecule has 0 aliphatic carbocycles. The van der Waals surface area contributed by atoms with Crippen LogP contribution >= 0.6 is 11.6 Å². The summed E-state index contributed by atoms with van der Waals surface area (Å²) in [5.41, 5.74) is 3.10. The van der Waals surface area contributed by atoms with Gasteiger partial charge in [-0.25, -0.2) is 4.79 Å². The molecular formula is C20H21ClN2O2. The summed E-state index contributed by atoms with van der Waals surface area (Å²) in [6.07, 6.45) is 0. The van der Waals surface area contributed by atoms with Crippen LogP contribution in [-0.2, 0) is 13.1 Å². The maximum atomic E-state index is 12.0. The predicted molar refractivity (Wildman–Crippen MR) is 101 cm³/mol. The quantitative estimate of drug-likeness (QED) is 0.681. The average molecular weight is 357 g/mol. The Hall–Kier alpha value is -2.30. The number of aromatic carboxylic acids is 1. The number of rotatable bonds is 6. The highest BCUT2D eigenvalue weighted by Crippen LogP contribution is 2.28. The van der Waals surface area contributed by atoms with Crippen LogP contribution < -0.4 is 5.32 Å². The van der Waals surface area contributed by atoms with Crippen LogP contribution in [0.5, 0.6) is 0 Å². The summed E-state index contributed by atoms with van der Waals surface area (Å²) >= 11 is 5.96. The van der Waals surface area contributed by atoms with Gasteiger partial charge in [-0.15, -0.1) is 0 Å². The standard InChI is InChI=1S/C20H21ClN2O2/c1-13(2)22-11-17-16-5-3-4-6-18(16)23(19(17)20(24)25)12-14-7-9-15(21)10-8-14/h3-10,13,22H,11-12H2,1-2H3,(H,24,25). The largest absolute Gasteiger partial charge is 0.477 e. The van der Waals surface area contributed by atoms with Gasteiger partial charge in [-0.2, -0.15) is 0 Å². The Labute approximate surface area is 152 Å². The first-order chi connectivity index (χ1) is 12.0. The molecule has 0 spiro atoms. The van der Waals surface area contributed by atoms with E-state index in [0.717, 1.165) is 22.0 Å². The minimum atomic E-state index is -0.911. The van der Waals surface area contributed by atoms with E-state index in [4.69, 9.17) is 11.6 Å². The fourth-order valence-corrected chi connectivity index (χ4v) is 3.17. The van der Waals surface area contributed by atoms with Gasteiger partial charge in [-0.1, -0.05) is 55.8 Å². The van der Waals surface area contributed by atoms with Crippen LogP contribution in [0, 0.1) is 0 Å². The van der Waals surface area contributed by atoms with E-state index in [1.54, 1.807) is 0 Å². The monoisotopic (exact) mass is 356 g/mol. The summed E-state index contributed by atoms with van der Waals surface area (Å²) in [4.78, 5) is 12.0. The SMILES string of the molecule is CC(C)NCc1c(C(=O)O)n(Cc2ccc(Cl)cc2)c2ccccc12. The molecule has 0 bridgehead atoms. The van der Waals surface area contributed by atoms with Gasteiger partial charge in [0.15, 0.2) is 0 Å². The summed E-state index contributed by atoms with van der Waals surface area (Å²) in [6.45, 7) is 5.11. The van der Waals surface area contributed by atoms with E-state index in [1.807, 2.05) is 66.9 Å². The van der Waals surface area contributed by atoms with Crippen molar-refractivity contribution in [2.24, 2.45) is 0 Å². The van der Waals surface area contributed by atoms with Crippen molar-refractivity contribution in [3.8, 4) is 0 Å². The van der Waals surface area contributed by atoms with Gasteiger partial charge in [0.25, 0.3) is 0 Å². The van der Waals surface area contributed by atoms with E-state index in [-0.39, 0.29) is 6.04 Å². The van der Waals surface area contributed by atoms with Gasteiger partial charge in [0.2, 0.25) is 0 Å². The van der Waals surface area contributed by atoms with Crippen molar-refractivity contribution in [3.63, 3.8) is 0 Å². The van der Waals surface area contributed by atoms with Crippen molar-refractivity contribution < 1.29 is 9.90 Å². The molecule has 3 aromatic rings. The van der Waals surface area contributed by atoms with Gasteiger partial charge in [0, 0.05) is 40.6 Å². The molecule has 0 saturated carbocycles. The van der Waals surface area contributed by atoms with Gasteiger partial charge < -0.3 is 15.0 Å². The van der Waals surface area contributed by atoms with E-state index in [9.17, 15) is 9.90 Å². The second kappa shape index (κ2) is 7.30. The molecule has 0 amide bonds. The van der Waals surface area contributed by atoms with Crippen LogP contribution in [0.4, 0.5) is 0 Å². The second-order valence-corrected chi connectivity index (χ2v) is 6.83. The number of carbonyl (C=O) groups is 1. The van der Waals surface area contributed by atoms with Crippen LogP contribution in [0.15, 0.2) is 48.5 Å². The zero-order chi connectivity index (χ0) is 18.0. The van der Waals surface area contributed by atoms with Gasteiger partial charge in [-0.3, -0.25) is 0 Å². The zero-order valence-electron chi connectivity index (χ0n) is 14.3. The highest BCUT2D eigenvalue weighted by molar-refractivity contribution is 6.30. The van der Waals surface area contributed by atoms with Crippen LogP contribution in [0.1, 0.15) is 35.5 Å². The third-order valence-corrected chi connectivity index (χ3v) is 4.47. The molecule has 3 rings (SSSR count). The first-order valence-electron chi connectivity index (χ1n) is 8.28. The number of benzene rings is 2. The fraction of sp³-hybridized carbons (Fsp3) is 0.250. The molecule has 5 heteroatoms. The number of aromatic nitrogens is 1. The topological polar surface area (TPSA) is 54.3 Å². The number of fused-ring (bicyclic) bond motifs is 1. The van der Waals surface area contributed by atoms with E-state index < -0.39 is 5.97 Å². The summed E-state index contributed by atoms with van der Waals surface area (Å²) in [7, 11) is 0. The molecule has 25 heavy (non-hydrogen) atoms. The van der Waals surface area contributed by atoms with Crippen LogP contribution in [0.2, 0.25) is 5.02 Å². The maximum Gasteiger partial charge on any atom is 0.352 e. The Kier molecular flexibility index (Phi) is 5.11. The molecule has 4 nitrogen and oxygen atoms in total. The molecule has 2 aromatic carbocycles. The summed E-state index contributed by atoms with van der Waals surface area (Å²) in [5, 5.41) is 14.8. The Balaban J connectivity index is 2.13. The number of para-hydroxylation sites is 1. The molecular weight excluding hydrogens is 336 g/mol. The van der Waals surface area contributed by atoms with Crippen LogP contribution in [0.25, 0.3) is 10.9 Å². The van der Waals surface area contributed by atoms with Crippen LogP contribution in [0.3, 0.4) is 0 Å². The van der Waals surface area contributed by atoms with Crippen LogP contribution in [-0.4, -0.2) is 21.7 Å². The van der Waals surface area contributed by atoms with Gasteiger partial charge >= 0.3 is 5.97 Å². The van der Waals surface area contributed by atoms with Crippen molar-refractivity contribution in [2.45, 2.75) is 33.0 Å². The number of nitrogens with zero attached hydrogens (tertiary/aromatic N) is 1. The van der Waals surface area contributed by atoms with Crippen molar-refractivity contribution in [1.29, 1.82) is 0 Å². The predicted octanol–water partition coefficient (Wildman–Crippen LogP) is 4.54. The zero-order valence-corrected chi connectivity index (χ0v) is 15.0. The molecule has 0 atom stereocenters. The molecule has 2 N–H and O–H groups in total. The number of carboxylic acid groups (broad SMARTS) is 1. The molecule has 0 aliphatic heterocycles. The van der Waals surface area contributed by atoms with E-state index in [1.165, 1.54) is 0 Å². The molecule has 0 saturated heterocycles. The van der Waals surface area contributed by atoms with Gasteiger partial charge in [0.05, 0.1) is 0 Å². The summed E-state index contributed by atoms with van der Waals surface area (Å²) in [6, 6.07) is 15.6. The van der Waals surface area contributed by atoms with E-state index in [2.05, 4.69) is 5.32 Å². The third kappa shape index (κ3) is 3.70. The first kappa shape index (κ1) is 17.5. The Morgan fingerprint density at radius 2 is 1.84 bits per heavy atom. The minimum absolute atomic E-state index is 0.278. The third-order valence-electron chi connectivity index (χ3n) is 4.22. The molecule has 130 valence electrons. The number of carboxylic acids is 1. The Morgan fingerprint density at radius 1 is 1.16 bits per heavy atom. The lowest BCUT2D eigenvalue weighted by atomic mass is 10.1. The van der Waals surface area contributed by atoms with E-state index >= 15 is 0 Å². The molecule has 1 heterocycles.